The van der Waals surface area contributed by atoms with Crippen molar-refractivity contribution in [2.24, 2.45) is 4.99 Å². The molecule has 1 unspecified atom stereocenters. The van der Waals surface area contributed by atoms with Crippen molar-refractivity contribution in [1.29, 1.82) is 0 Å². The third-order valence-corrected chi connectivity index (χ3v) is 6.13. The summed E-state index contributed by atoms with van der Waals surface area (Å²) in [5.74, 6) is 1.73. The lowest BCUT2D eigenvalue weighted by Gasteiger charge is -2.24. The highest BCUT2D eigenvalue weighted by Crippen LogP contribution is 2.26. The molecule has 4 rings (SSSR count). The number of ether oxygens (including phenoxy) is 1. The Kier molecular flexibility index (Phi) is 9.01. The van der Waals surface area contributed by atoms with Crippen molar-refractivity contribution in [3.63, 3.8) is 0 Å². The fourth-order valence-electron chi connectivity index (χ4n) is 4.50. The van der Waals surface area contributed by atoms with Crippen molar-refractivity contribution < 1.29 is 4.74 Å². The Morgan fingerprint density at radius 3 is 2.65 bits per heavy atom. The first-order valence-corrected chi connectivity index (χ1v) is 11.2. The smallest absolute Gasteiger partial charge is 0.191 e. The van der Waals surface area contributed by atoms with Gasteiger partial charge >= 0.3 is 0 Å². The third kappa shape index (κ3) is 6.35. The normalized spacial score (nSPS) is 19.9. The van der Waals surface area contributed by atoms with Crippen molar-refractivity contribution in [2.45, 2.75) is 57.7 Å². The maximum atomic E-state index is 5.22. The van der Waals surface area contributed by atoms with Gasteiger partial charge in [-0.05, 0) is 56.5 Å². The first-order chi connectivity index (χ1) is 14.7. The van der Waals surface area contributed by atoms with E-state index >= 15 is 0 Å². The van der Waals surface area contributed by atoms with E-state index in [-0.39, 0.29) is 24.0 Å². The number of nitrogens with one attached hydrogen (secondary N) is 2. The van der Waals surface area contributed by atoms with E-state index in [0.717, 1.165) is 42.2 Å². The molecule has 8 heteroatoms. The van der Waals surface area contributed by atoms with Gasteiger partial charge in [-0.1, -0.05) is 12.8 Å². The lowest BCUT2D eigenvalue weighted by Crippen LogP contribution is -2.45. The second kappa shape index (κ2) is 11.7. The molecule has 2 fully saturated rings. The van der Waals surface area contributed by atoms with E-state index in [2.05, 4.69) is 27.6 Å². The van der Waals surface area contributed by atoms with Crippen LogP contribution in [0, 0.1) is 0 Å². The molecule has 1 aliphatic heterocycles. The zero-order valence-electron chi connectivity index (χ0n) is 18.6. The summed E-state index contributed by atoms with van der Waals surface area (Å²) in [4.78, 5) is 7.46. The molecular weight excluding hydrogens is 503 g/mol. The molecule has 31 heavy (non-hydrogen) atoms. The van der Waals surface area contributed by atoms with Gasteiger partial charge in [0.2, 0.25) is 0 Å². The molecule has 2 aliphatic rings. The summed E-state index contributed by atoms with van der Waals surface area (Å²) in [6, 6.07) is 11.2. The number of likely N-dealkylation sites (tertiary alicyclic amines) is 1. The molecule has 1 aromatic heterocycles. The Hall–Kier alpha value is -1.81. The van der Waals surface area contributed by atoms with Crippen molar-refractivity contribution >= 4 is 29.9 Å². The average Bonchev–Trinajstić information content (AvgIpc) is 3.54. The van der Waals surface area contributed by atoms with E-state index < -0.39 is 0 Å². The molecule has 2 aromatic rings. The molecule has 1 aromatic carbocycles. The van der Waals surface area contributed by atoms with Crippen LogP contribution in [0.1, 0.15) is 44.7 Å². The number of guanidine groups is 1. The molecule has 2 heterocycles. The Balaban J connectivity index is 0.00000272. The van der Waals surface area contributed by atoms with Crippen LogP contribution in [0.3, 0.4) is 0 Å². The fourth-order valence-corrected chi connectivity index (χ4v) is 4.50. The average molecular weight is 538 g/mol. The molecule has 1 aliphatic carbocycles. The first kappa shape index (κ1) is 23.8. The van der Waals surface area contributed by atoms with Crippen LogP contribution in [0.2, 0.25) is 0 Å². The summed E-state index contributed by atoms with van der Waals surface area (Å²) < 4.78 is 7.10. The lowest BCUT2D eigenvalue weighted by atomic mass is 10.2. The van der Waals surface area contributed by atoms with E-state index in [1.54, 1.807) is 7.11 Å². The Morgan fingerprint density at radius 1 is 1.16 bits per heavy atom. The number of aromatic nitrogens is 2. The van der Waals surface area contributed by atoms with Gasteiger partial charge in [0.05, 0.1) is 25.0 Å². The summed E-state index contributed by atoms with van der Waals surface area (Å²) in [5.41, 5.74) is 1.95. The standard InChI is InChI=1S/C23H34N6O.HI/c1-3-24-23(26-19-12-14-28(17-19)20-6-4-5-7-20)25-16-18-13-15-29(27-18)21-8-10-22(30-2)11-9-21;/h8-11,13,15,19-20H,3-7,12,14,16-17H2,1-2H3,(H2,24,25,26);1H. The molecule has 1 atom stereocenters. The third-order valence-electron chi connectivity index (χ3n) is 6.13. The van der Waals surface area contributed by atoms with Crippen LogP contribution in [-0.2, 0) is 6.54 Å². The maximum absolute atomic E-state index is 5.22. The van der Waals surface area contributed by atoms with Crippen LogP contribution < -0.4 is 15.4 Å². The molecule has 0 spiro atoms. The Morgan fingerprint density at radius 2 is 1.94 bits per heavy atom. The predicted molar refractivity (Wildman–Crippen MR) is 136 cm³/mol. The minimum atomic E-state index is 0. The quantitative estimate of drug-likeness (QED) is 0.321. The number of nitrogens with zero attached hydrogens (tertiary/aromatic N) is 4. The van der Waals surface area contributed by atoms with Gasteiger partial charge in [-0.3, -0.25) is 4.90 Å². The largest absolute Gasteiger partial charge is 0.497 e. The SMILES string of the molecule is CCNC(=NCc1ccn(-c2ccc(OC)cc2)n1)NC1CCN(C2CCCC2)C1.I. The van der Waals surface area contributed by atoms with Crippen molar-refractivity contribution in [2.75, 3.05) is 26.7 Å². The van der Waals surface area contributed by atoms with E-state index in [1.165, 1.54) is 38.6 Å². The molecule has 1 saturated heterocycles. The highest BCUT2D eigenvalue weighted by molar-refractivity contribution is 14.0. The summed E-state index contributed by atoms with van der Waals surface area (Å²) in [5, 5.41) is 11.7. The van der Waals surface area contributed by atoms with E-state index in [9.17, 15) is 0 Å². The van der Waals surface area contributed by atoms with Crippen molar-refractivity contribution in [1.82, 2.24) is 25.3 Å². The number of benzene rings is 1. The van der Waals surface area contributed by atoms with E-state index in [0.29, 0.717) is 12.6 Å². The number of hydrogen-bond donors (Lipinski definition) is 2. The van der Waals surface area contributed by atoms with Crippen LogP contribution >= 0.6 is 24.0 Å². The van der Waals surface area contributed by atoms with Crippen LogP contribution in [0.5, 0.6) is 5.75 Å². The molecule has 0 bridgehead atoms. The van der Waals surface area contributed by atoms with Crippen LogP contribution in [-0.4, -0.2) is 59.5 Å². The molecule has 0 amide bonds. The maximum Gasteiger partial charge on any atom is 0.191 e. The molecule has 7 nitrogen and oxygen atoms in total. The van der Waals surface area contributed by atoms with Gasteiger partial charge in [-0.2, -0.15) is 5.10 Å². The van der Waals surface area contributed by atoms with Gasteiger partial charge in [-0.15, -0.1) is 24.0 Å². The molecule has 170 valence electrons. The zero-order chi connectivity index (χ0) is 20.8. The van der Waals surface area contributed by atoms with Crippen LogP contribution in [0.15, 0.2) is 41.5 Å². The first-order valence-electron chi connectivity index (χ1n) is 11.2. The monoisotopic (exact) mass is 538 g/mol. The number of halogens is 1. The zero-order valence-corrected chi connectivity index (χ0v) is 20.9. The Labute approximate surface area is 202 Å². The number of methoxy groups -OCH3 is 1. The highest BCUT2D eigenvalue weighted by atomic mass is 127. The van der Waals surface area contributed by atoms with E-state index in [1.807, 2.05) is 41.2 Å². The van der Waals surface area contributed by atoms with Gasteiger partial charge in [0.25, 0.3) is 0 Å². The number of hydrogen-bond acceptors (Lipinski definition) is 4. The van der Waals surface area contributed by atoms with Gasteiger partial charge in [0.15, 0.2) is 5.96 Å². The van der Waals surface area contributed by atoms with Gasteiger partial charge in [0, 0.05) is 37.9 Å². The summed E-state index contributed by atoms with van der Waals surface area (Å²) >= 11 is 0. The van der Waals surface area contributed by atoms with E-state index in [4.69, 9.17) is 9.73 Å². The second-order valence-electron chi connectivity index (χ2n) is 8.21. The Bertz CT molecular complexity index is 831. The lowest BCUT2D eigenvalue weighted by molar-refractivity contribution is 0.242. The van der Waals surface area contributed by atoms with Crippen LogP contribution in [0.4, 0.5) is 0 Å². The predicted octanol–water partition coefficient (Wildman–Crippen LogP) is 3.57. The van der Waals surface area contributed by atoms with Gasteiger partial charge < -0.3 is 15.4 Å². The number of rotatable bonds is 7. The minimum absolute atomic E-state index is 0. The summed E-state index contributed by atoms with van der Waals surface area (Å²) in [6.45, 7) is 5.84. The van der Waals surface area contributed by atoms with Gasteiger partial charge in [-0.25, -0.2) is 9.67 Å². The summed E-state index contributed by atoms with van der Waals surface area (Å²) in [6.07, 6.45) is 8.70. The van der Waals surface area contributed by atoms with Crippen molar-refractivity contribution in [3.05, 3.63) is 42.2 Å². The molecular formula is C23H35IN6O. The van der Waals surface area contributed by atoms with Gasteiger partial charge in [0.1, 0.15) is 5.75 Å². The molecule has 1 saturated carbocycles. The second-order valence-corrected chi connectivity index (χ2v) is 8.21. The van der Waals surface area contributed by atoms with Crippen LogP contribution in [0.25, 0.3) is 5.69 Å². The molecule has 0 radical (unpaired) electrons. The topological polar surface area (TPSA) is 66.7 Å². The highest BCUT2D eigenvalue weighted by Gasteiger charge is 2.30. The fraction of sp³-hybridized carbons (Fsp3) is 0.565. The minimum Gasteiger partial charge on any atom is -0.497 e. The molecule has 2 N–H and O–H groups in total. The van der Waals surface area contributed by atoms with Crippen molar-refractivity contribution in [3.8, 4) is 11.4 Å². The summed E-state index contributed by atoms with van der Waals surface area (Å²) in [7, 11) is 1.67. The number of aliphatic imine (C=N–C) groups is 1.